The van der Waals surface area contributed by atoms with Crippen molar-refractivity contribution < 1.29 is 0 Å². The number of halogens is 2. The summed E-state index contributed by atoms with van der Waals surface area (Å²) in [5.41, 5.74) is 8.48. The van der Waals surface area contributed by atoms with Crippen LogP contribution in [0.3, 0.4) is 0 Å². The minimum Gasteiger partial charge on any atom is -0.368 e. The number of imidazole rings is 1. The van der Waals surface area contributed by atoms with E-state index >= 15 is 0 Å². The molecule has 3 heterocycles. The number of fused-ring (bicyclic) bond motifs is 1. The summed E-state index contributed by atoms with van der Waals surface area (Å²) in [4.78, 5) is 21.5. The van der Waals surface area contributed by atoms with Gasteiger partial charge in [0.2, 0.25) is 5.95 Å². The Bertz CT molecular complexity index is 813. The fourth-order valence-electron chi connectivity index (χ4n) is 2.04. The topological polar surface area (TPSA) is 95.4 Å². The summed E-state index contributed by atoms with van der Waals surface area (Å²) >= 11 is 5.58. The standard InChI is InChI=1S/C12H11BrIN7/c1-5(2)21-9-8(18-10(21)13)7(19-11(14)20-9)6-3-16-12(15)17-4-6/h3-5H,1-2H3,(H2,15,16,17). The van der Waals surface area contributed by atoms with Crippen molar-refractivity contribution in [3.63, 3.8) is 0 Å². The van der Waals surface area contributed by atoms with Crippen molar-refractivity contribution in [3.05, 3.63) is 21.0 Å². The van der Waals surface area contributed by atoms with Gasteiger partial charge >= 0.3 is 0 Å². The highest BCUT2D eigenvalue weighted by atomic mass is 127. The molecule has 0 unspecified atom stereocenters. The van der Waals surface area contributed by atoms with E-state index in [9.17, 15) is 0 Å². The Hall–Kier alpha value is -1.36. The Labute approximate surface area is 142 Å². The van der Waals surface area contributed by atoms with Crippen LogP contribution in [0.2, 0.25) is 0 Å². The minimum absolute atomic E-state index is 0.227. The van der Waals surface area contributed by atoms with E-state index in [1.54, 1.807) is 12.4 Å². The molecule has 0 radical (unpaired) electrons. The van der Waals surface area contributed by atoms with Crippen LogP contribution >= 0.6 is 38.5 Å². The maximum atomic E-state index is 5.53. The SMILES string of the molecule is CC(C)n1c(Br)nc2c(-c3cnc(N)nc3)nc(I)nc21. The van der Waals surface area contributed by atoms with Crippen molar-refractivity contribution in [3.8, 4) is 11.3 Å². The van der Waals surface area contributed by atoms with Crippen LogP contribution in [0, 0.1) is 3.83 Å². The molecule has 3 rings (SSSR count). The van der Waals surface area contributed by atoms with Crippen LogP contribution in [0.5, 0.6) is 0 Å². The van der Waals surface area contributed by atoms with Gasteiger partial charge in [-0.1, -0.05) is 0 Å². The van der Waals surface area contributed by atoms with E-state index in [0.717, 1.165) is 15.9 Å². The predicted octanol–water partition coefficient (Wildman–Crippen LogP) is 2.81. The third-order valence-corrected chi connectivity index (χ3v) is 3.97. The quantitative estimate of drug-likeness (QED) is 0.359. The van der Waals surface area contributed by atoms with Gasteiger partial charge in [0.15, 0.2) is 14.2 Å². The molecule has 0 aromatic carbocycles. The number of rotatable bonds is 2. The lowest BCUT2D eigenvalue weighted by Gasteiger charge is -2.09. The van der Waals surface area contributed by atoms with E-state index in [-0.39, 0.29) is 12.0 Å². The first-order chi connectivity index (χ1) is 9.97. The maximum Gasteiger partial charge on any atom is 0.219 e. The van der Waals surface area contributed by atoms with Crippen molar-refractivity contribution >= 4 is 55.6 Å². The molecule has 0 aliphatic carbocycles. The van der Waals surface area contributed by atoms with Gasteiger partial charge in [-0.2, -0.15) is 0 Å². The molecule has 0 amide bonds. The molecule has 0 aliphatic heterocycles. The van der Waals surface area contributed by atoms with Gasteiger partial charge in [-0.15, -0.1) is 0 Å². The zero-order valence-electron chi connectivity index (χ0n) is 11.2. The second kappa shape index (κ2) is 5.44. The van der Waals surface area contributed by atoms with E-state index in [2.05, 4.69) is 77.3 Å². The summed E-state index contributed by atoms with van der Waals surface area (Å²) in [5.74, 6) is 0.229. The molecular formula is C12H11BrIN7. The smallest absolute Gasteiger partial charge is 0.219 e. The van der Waals surface area contributed by atoms with Crippen molar-refractivity contribution in [2.45, 2.75) is 19.9 Å². The van der Waals surface area contributed by atoms with Gasteiger partial charge in [0, 0.05) is 46.6 Å². The average molecular weight is 460 g/mol. The molecule has 0 saturated heterocycles. The highest BCUT2D eigenvalue weighted by Crippen LogP contribution is 2.30. The first-order valence-corrected chi connectivity index (χ1v) is 8.03. The van der Waals surface area contributed by atoms with Crippen LogP contribution in [0.15, 0.2) is 17.1 Å². The van der Waals surface area contributed by atoms with Gasteiger partial charge in [0.05, 0.1) is 0 Å². The lowest BCUT2D eigenvalue weighted by molar-refractivity contribution is 0.599. The highest BCUT2D eigenvalue weighted by molar-refractivity contribution is 14.1. The molecular weight excluding hydrogens is 449 g/mol. The Balaban J connectivity index is 2.33. The van der Waals surface area contributed by atoms with Gasteiger partial charge in [-0.05, 0) is 29.8 Å². The van der Waals surface area contributed by atoms with Crippen molar-refractivity contribution in [1.82, 2.24) is 29.5 Å². The summed E-state index contributed by atoms with van der Waals surface area (Å²) in [6, 6.07) is 0.227. The van der Waals surface area contributed by atoms with Gasteiger partial charge < -0.3 is 10.3 Å². The van der Waals surface area contributed by atoms with Crippen LogP contribution in [0.25, 0.3) is 22.4 Å². The predicted molar refractivity (Wildman–Crippen MR) is 91.6 cm³/mol. The van der Waals surface area contributed by atoms with Crippen LogP contribution in [0.4, 0.5) is 5.95 Å². The van der Waals surface area contributed by atoms with Crippen molar-refractivity contribution in [1.29, 1.82) is 0 Å². The lowest BCUT2D eigenvalue weighted by atomic mass is 10.2. The number of nitrogens with two attached hydrogens (primary N) is 1. The molecule has 7 nitrogen and oxygen atoms in total. The first-order valence-electron chi connectivity index (χ1n) is 6.16. The van der Waals surface area contributed by atoms with Gasteiger partial charge in [-0.3, -0.25) is 0 Å². The summed E-state index contributed by atoms with van der Waals surface area (Å²) in [5, 5.41) is 0. The molecule has 0 atom stereocenters. The highest BCUT2D eigenvalue weighted by Gasteiger charge is 2.19. The van der Waals surface area contributed by atoms with Gasteiger partial charge in [0.1, 0.15) is 11.2 Å². The second-order valence-electron chi connectivity index (χ2n) is 4.69. The second-order valence-corrected chi connectivity index (χ2v) is 6.36. The van der Waals surface area contributed by atoms with Crippen LogP contribution in [0.1, 0.15) is 19.9 Å². The van der Waals surface area contributed by atoms with Crippen molar-refractivity contribution in [2.24, 2.45) is 0 Å². The molecule has 9 heteroatoms. The molecule has 108 valence electrons. The average Bonchev–Trinajstić information content (AvgIpc) is 2.74. The number of hydrogen-bond donors (Lipinski definition) is 1. The van der Waals surface area contributed by atoms with E-state index in [1.165, 1.54) is 0 Å². The Kier molecular flexibility index (Phi) is 3.78. The Morgan fingerprint density at radius 3 is 2.48 bits per heavy atom. The summed E-state index contributed by atoms with van der Waals surface area (Å²) in [6.45, 7) is 4.15. The monoisotopic (exact) mass is 459 g/mol. The van der Waals surface area contributed by atoms with Crippen molar-refractivity contribution in [2.75, 3.05) is 5.73 Å². The molecule has 3 aromatic rings. The van der Waals surface area contributed by atoms with E-state index < -0.39 is 0 Å². The molecule has 3 aromatic heterocycles. The van der Waals surface area contributed by atoms with E-state index in [1.807, 2.05) is 4.57 Å². The maximum absolute atomic E-state index is 5.53. The van der Waals surface area contributed by atoms with Crippen LogP contribution in [-0.2, 0) is 0 Å². The Morgan fingerprint density at radius 2 is 1.86 bits per heavy atom. The van der Waals surface area contributed by atoms with Gasteiger partial charge in [-0.25, -0.2) is 24.9 Å². The van der Waals surface area contributed by atoms with E-state index in [0.29, 0.717) is 15.0 Å². The molecule has 0 saturated carbocycles. The molecule has 2 N–H and O–H groups in total. The summed E-state index contributed by atoms with van der Waals surface area (Å²) in [7, 11) is 0. The number of hydrogen-bond acceptors (Lipinski definition) is 6. The Morgan fingerprint density at radius 1 is 1.19 bits per heavy atom. The zero-order chi connectivity index (χ0) is 15.1. The molecule has 0 spiro atoms. The minimum atomic E-state index is 0.227. The molecule has 0 aliphatic rings. The number of aromatic nitrogens is 6. The first kappa shape index (κ1) is 14.6. The molecule has 21 heavy (non-hydrogen) atoms. The van der Waals surface area contributed by atoms with Crippen LogP contribution in [-0.4, -0.2) is 29.5 Å². The number of nitrogens with zero attached hydrogens (tertiary/aromatic N) is 6. The normalized spacial score (nSPS) is 11.5. The summed E-state index contributed by atoms with van der Waals surface area (Å²) < 4.78 is 3.38. The van der Waals surface area contributed by atoms with Crippen LogP contribution < -0.4 is 5.73 Å². The summed E-state index contributed by atoms with van der Waals surface area (Å²) in [6.07, 6.45) is 3.28. The third-order valence-electron chi connectivity index (χ3n) is 2.93. The van der Waals surface area contributed by atoms with Gasteiger partial charge in [0.25, 0.3) is 0 Å². The zero-order valence-corrected chi connectivity index (χ0v) is 15.0. The molecule has 0 fully saturated rings. The fourth-order valence-corrected chi connectivity index (χ4v) is 3.26. The van der Waals surface area contributed by atoms with E-state index in [4.69, 9.17) is 5.73 Å². The lowest BCUT2D eigenvalue weighted by Crippen LogP contribution is -2.04. The molecule has 0 bridgehead atoms. The fraction of sp³-hybridized carbons (Fsp3) is 0.250. The third kappa shape index (κ3) is 2.59. The largest absolute Gasteiger partial charge is 0.368 e. The number of anilines is 1. The number of nitrogen functional groups attached to an aromatic ring is 1.